The SMILES string of the molecule is CO[C@H]1O[C@H](CO)[C@@H](O)[C@H](O)[C@@H]1NCCCCc1ccccc1. The third kappa shape index (κ3) is 4.97. The van der Waals surface area contributed by atoms with Gasteiger partial charge in [0.1, 0.15) is 18.3 Å². The molecule has 0 amide bonds. The number of unbranched alkanes of at least 4 members (excludes halogenated alkanes) is 1. The average Bonchev–Trinajstić information content (AvgIpc) is 2.59. The summed E-state index contributed by atoms with van der Waals surface area (Å²) in [6.07, 6.45) is -0.720. The van der Waals surface area contributed by atoms with Gasteiger partial charge >= 0.3 is 0 Å². The highest BCUT2D eigenvalue weighted by Crippen LogP contribution is 2.21. The molecule has 4 N–H and O–H groups in total. The van der Waals surface area contributed by atoms with Gasteiger partial charge in [0.05, 0.1) is 12.6 Å². The summed E-state index contributed by atoms with van der Waals surface area (Å²) in [7, 11) is 1.48. The Bertz CT molecular complexity index is 442. The second kappa shape index (κ2) is 9.32. The lowest BCUT2D eigenvalue weighted by Gasteiger charge is -2.42. The third-order valence-corrected chi connectivity index (χ3v) is 4.23. The highest BCUT2D eigenvalue weighted by atomic mass is 16.7. The number of hydrogen-bond donors (Lipinski definition) is 4. The zero-order valence-electron chi connectivity index (χ0n) is 13.5. The van der Waals surface area contributed by atoms with Gasteiger partial charge in [-0.1, -0.05) is 30.3 Å². The van der Waals surface area contributed by atoms with Crippen LogP contribution < -0.4 is 5.32 Å². The second-order valence-electron chi connectivity index (χ2n) is 5.86. The molecule has 1 aromatic rings. The lowest BCUT2D eigenvalue weighted by atomic mass is 9.97. The molecule has 6 heteroatoms. The molecule has 0 saturated carbocycles. The summed E-state index contributed by atoms with van der Waals surface area (Å²) in [6, 6.07) is 9.77. The quantitative estimate of drug-likeness (QED) is 0.505. The van der Waals surface area contributed by atoms with Gasteiger partial charge in [0.2, 0.25) is 0 Å². The number of nitrogens with one attached hydrogen (secondary N) is 1. The first kappa shape index (κ1) is 18.3. The van der Waals surface area contributed by atoms with Crippen LogP contribution in [0.2, 0.25) is 0 Å². The van der Waals surface area contributed by atoms with Crippen molar-refractivity contribution < 1.29 is 24.8 Å². The van der Waals surface area contributed by atoms with Gasteiger partial charge in [0.25, 0.3) is 0 Å². The minimum Gasteiger partial charge on any atom is -0.394 e. The Balaban J connectivity index is 1.75. The Morgan fingerprint density at radius 2 is 1.87 bits per heavy atom. The van der Waals surface area contributed by atoms with E-state index in [1.807, 2.05) is 18.2 Å². The predicted molar refractivity (Wildman–Crippen MR) is 85.9 cm³/mol. The third-order valence-electron chi connectivity index (χ3n) is 4.23. The zero-order valence-corrected chi connectivity index (χ0v) is 13.5. The van der Waals surface area contributed by atoms with Crippen LogP contribution in [-0.4, -0.2) is 66.2 Å². The van der Waals surface area contributed by atoms with Crippen molar-refractivity contribution in [1.82, 2.24) is 5.32 Å². The van der Waals surface area contributed by atoms with Crippen LogP contribution in [0, 0.1) is 0 Å². The minimum absolute atomic E-state index is 0.359. The second-order valence-corrected chi connectivity index (χ2v) is 5.86. The molecule has 1 fully saturated rings. The number of aliphatic hydroxyl groups is 3. The number of aryl methyl sites for hydroxylation is 1. The van der Waals surface area contributed by atoms with E-state index < -0.39 is 30.6 Å². The predicted octanol–water partition coefficient (Wildman–Crippen LogP) is 0.0529. The Morgan fingerprint density at radius 3 is 2.52 bits per heavy atom. The Kier molecular flexibility index (Phi) is 7.42. The summed E-state index contributed by atoms with van der Waals surface area (Å²) in [5, 5.41) is 32.5. The lowest BCUT2D eigenvalue weighted by molar-refractivity contribution is -0.263. The van der Waals surface area contributed by atoms with Crippen molar-refractivity contribution in [3.63, 3.8) is 0 Å². The number of aliphatic hydroxyl groups excluding tert-OH is 3. The van der Waals surface area contributed by atoms with E-state index in [2.05, 4.69) is 17.4 Å². The molecule has 0 aliphatic carbocycles. The van der Waals surface area contributed by atoms with Gasteiger partial charge in [0.15, 0.2) is 6.29 Å². The van der Waals surface area contributed by atoms with Crippen LogP contribution in [0.4, 0.5) is 0 Å². The molecule has 0 radical (unpaired) electrons. The van der Waals surface area contributed by atoms with E-state index in [9.17, 15) is 10.2 Å². The maximum atomic E-state index is 10.2. The van der Waals surface area contributed by atoms with Gasteiger partial charge in [-0.3, -0.25) is 0 Å². The summed E-state index contributed by atoms with van der Waals surface area (Å²) in [4.78, 5) is 0. The molecular weight excluding hydrogens is 298 g/mol. The fourth-order valence-electron chi connectivity index (χ4n) is 2.87. The van der Waals surface area contributed by atoms with Gasteiger partial charge in [-0.05, 0) is 31.4 Å². The molecule has 0 aromatic heterocycles. The van der Waals surface area contributed by atoms with Gasteiger partial charge in [-0.2, -0.15) is 0 Å². The van der Waals surface area contributed by atoms with Crippen LogP contribution in [0.5, 0.6) is 0 Å². The fraction of sp³-hybridized carbons (Fsp3) is 0.647. The van der Waals surface area contributed by atoms with Crippen LogP contribution in [0.25, 0.3) is 0 Å². The summed E-state index contributed by atoms with van der Waals surface area (Å²) in [5.41, 5.74) is 1.31. The van der Waals surface area contributed by atoms with Crippen molar-refractivity contribution in [2.24, 2.45) is 0 Å². The van der Waals surface area contributed by atoms with Crippen LogP contribution in [0.15, 0.2) is 30.3 Å². The van der Waals surface area contributed by atoms with E-state index in [0.29, 0.717) is 6.54 Å². The number of rotatable bonds is 8. The maximum absolute atomic E-state index is 10.2. The van der Waals surface area contributed by atoms with Gasteiger partial charge in [0, 0.05) is 7.11 Å². The Hall–Kier alpha value is -1.02. The molecule has 1 heterocycles. The van der Waals surface area contributed by atoms with Gasteiger partial charge in [-0.25, -0.2) is 0 Å². The number of benzene rings is 1. The van der Waals surface area contributed by atoms with Crippen molar-refractivity contribution in [3.05, 3.63) is 35.9 Å². The highest BCUT2D eigenvalue weighted by Gasteiger charge is 2.44. The minimum atomic E-state index is -1.13. The van der Waals surface area contributed by atoms with Crippen molar-refractivity contribution in [3.8, 4) is 0 Å². The average molecular weight is 325 g/mol. The summed E-state index contributed by atoms with van der Waals surface area (Å²) in [5.74, 6) is 0. The summed E-state index contributed by atoms with van der Waals surface area (Å²) in [6.45, 7) is 0.330. The molecule has 23 heavy (non-hydrogen) atoms. The first-order chi connectivity index (χ1) is 11.2. The molecule has 1 aliphatic rings. The molecule has 0 unspecified atom stereocenters. The largest absolute Gasteiger partial charge is 0.394 e. The maximum Gasteiger partial charge on any atom is 0.175 e. The number of hydrogen-bond acceptors (Lipinski definition) is 6. The Labute approximate surface area is 137 Å². The molecular formula is C17H27NO5. The van der Waals surface area contributed by atoms with Crippen LogP contribution in [0.1, 0.15) is 18.4 Å². The molecule has 1 saturated heterocycles. The van der Waals surface area contributed by atoms with E-state index in [0.717, 1.165) is 19.3 Å². The van der Waals surface area contributed by atoms with E-state index >= 15 is 0 Å². The lowest BCUT2D eigenvalue weighted by Crippen LogP contribution is -2.63. The number of methoxy groups -OCH3 is 1. The van der Waals surface area contributed by atoms with Gasteiger partial charge in [-0.15, -0.1) is 0 Å². The molecule has 0 spiro atoms. The van der Waals surface area contributed by atoms with Crippen LogP contribution in [-0.2, 0) is 15.9 Å². The monoisotopic (exact) mass is 325 g/mol. The highest BCUT2D eigenvalue weighted by molar-refractivity contribution is 5.14. The van der Waals surface area contributed by atoms with Crippen molar-refractivity contribution in [2.45, 2.75) is 49.9 Å². The first-order valence-corrected chi connectivity index (χ1v) is 8.10. The normalized spacial score (nSPS) is 31.2. The molecule has 130 valence electrons. The molecule has 6 nitrogen and oxygen atoms in total. The van der Waals surface area contributed by atoms with E-state index in [4.69, 9.17) is 14.6 Å². The summed E-state index contributed by atoms with van der Waals surface area (Å²) >= 11 is 0. The summed E-state index contributed by atoms with van der Waals surface area (Å²) < 4.78 is 10.7. The zero-order chi connectivity index (χ0) is 16.7. The molecule has 5 atom stereocenters. The molecule has 1 aromatic carbocycles. The molecule has 0 bridgehead atoms. The van der Waals surface area contributed by atoms with E-state index in [-0.39, 0.29) is 6.61 Å². The Morgan fingerprint density at radius 1 is 1.13 bits per heavy atom. The van der Waals surface area contributed by atoms with Crippen LogP contribution in [0.3, 0.4) is 0 Å². The van der Waals surface area contributed by atoms with Crippen molar-refractivity contribution in [2.75, 3.05) is 20.3 Å². The fourth-order valence-corrected chi connectivity index (χ4v) is 2.87. The molecule has 1 aliphatic heterocycles. The first-order valence-electron chi connectivity index (χ1n) is 8.10. The van der Waals surface area contributed by atoms with Crippen molar-refractivity contribution >= 4 is 0 Å². The number of ether oxygens (including phenoxy) is 2. The topological polar surface area (TPSA) is 91.2 Å². The van der Waals surface area contributed by atoms with Crippen LogP contribution >= 0.6 is 0 Å². The standard InChI is InChI=1S/C17H27NO5/c1-22-17-14(16(21)15(20)13(11-19)23-17)18-10-6-5-9-12-7-3-2-4-8-12/h2-4,7-8,13-21H,5-6,9-11H2,1H3/t13-,14+,15-,16-,17+/m1/s1. The van der Waals surface area contributed by atoms with Crippen molar-refractivity contribution in [1.29, 1.82) is 0 Å². The van der Waals surface area contributed by atoms with Gasteiger partial charge < -0.3 is 30.1 Å². The molecule has 2 rings (SSSR count). The van der Waals surface area contributed by atoms with E-state index in [1.54, 1.807) is 0 Å². The van der Waals surface area contributed by atoms with E-state index in [1.165, 1.54) is 12.7 Å². The smallest absolute Gasteiger partial charge is 0.175 e.